The van der Waals surface area contributed by atoms with E-state index in [2.05, 4.69) is 52.8 Å². The first-order chi connectivity index (χ1) is 14.6. The third-order valence-electron chi connectivity index (χ3n) is 10.4. The van der Waals surface area contributed by atoms with Crippen molar-refractivity contribution in [1.29, 1.82) is 0 Å². The molecular formula is C29H47NO. The topological polar surface area (TPSA) is 21.6 Å². The van der Waals surface area contributed by atoms with Gasteiger partial charge in [0, 0.05) is 5.41 Å². The maximum Gasteiger partial charge on any atom is 0.106 e. The highest BCUT2D eigenvalue weighted by Gasteiger charge is 2.58. The monoisotopic (exact) mass is 425 g/mol. The molecule has 0 N–H and O–H groups in total. The zero-order valence-corrected chi connectivity index (χ0v) is 21.4. The van der Waals surface area contributed by atoms with Crippen LogP contribution in [-0.4, -0.2) is 12.8 Å². The van der Waals surface area contributed by atoms with E-state index in [4.69, 9.17) is 4.84 Å². The van der Waals surface area contributed by atoms with Gasteiger partial charge in [0.05, 0.1) is 5.71 Å². The van der Waals surface area contributed by atoms with Crippen molar-refractivity contribution in [2.24, 2.45) is 39.2 Å². The molecular weight excluding hydrogens is 378 g/mol. The first-order valence-corrected chi connectivity index (χ1v) is 13.1. The highest BCUT2D eigenvalue weighted by molar-refractivity contribution is 5.90. The summed E-state index contributed by atoms with van der Waals surface area (Å²) in [6.45, 7) is 14.6. The second-order valence-electron chi connectivity index (χ2n) is 12.5. The van der Waals surface area contributed by atoms with E-state index < -0.39 is 0 Å². The second kappa shape index (κ2) is 8.38. The molecule has 4 aliphatic rings. The van der Waals surface area contributed by atoms with Crippen LogP contribution in [0, 0.1) is 34.0 Å². The molecule has 2 nitrogen and oxygen atoms in total. The molecule has 4 rings (SSSR count). The summed E-state index contributed by atoms with van der Waals surface area (Å²) in [4.78, 5) is 5.24. The van der Waals surface area contributed by atoms with Crippen LogP contribution in [0.25, 0.3) is 0 Å². The van der Waals surface area contributed by atoms with Gasteiger partial charge in [-0.05, 0) is 113 Å². The number of allylic oxidation sites excluding steroid dienone is 4. The van der Waals surface area contributed by atoms with E-state index in [-0.39, 0.29) is 5.41 Å². The van der Waals surface area contributed by atoms with Gasteiger partial charge in [0.25, 0.3) is 0 Å². The zero-order chi connectivity index (χ0) is 22.4. The standard InChI is InChI=1S/C29H47NO/c1-20(2)10-8-9-11-21-12-14-23-22-13-15-25-27(3,4)26(30-31-7)17-19-29(25,6)24(22)16-18-28(21,23)5/h10,21,23,25H,8-9,11-19H2,1-7H3/b30-26+. The predicted molar refractivity (Wildman–Crippen MR) is 132 cm³/mol. The summed E-state index contributed by atoms with van der Waals surface area (Å²) in [7, 11) is 1.70. The van der Waals surface area contributed by atoms with E-state index in [1.807, 2.05) is 11.1 Å². The van der Waals surface area contributed by atoms with Crippen molar-refractivity contribution >= 4 is 5.71 Å². The Morgan fingerprint density at radius 2 is 1.81 bits per heavy atom. The van der Waals surface area contributed by atoms with E-state index in [1.54, 1.807) is 7.11 Å². The average molecular weight is 426 g/mol. The van der Waals surface area contributed by atoms with Gasteiger partial charge < -0.3 is 4.84 Å². The molecule has 0 spiro atoms. The summed E-state index contributed by atoms with van der Waals surface area (Å²) in [5.74, 6) is 2.50. The molecule has 2 fully saturated rings. The smallest absolute Gasteiger partial charge is 0.106 e. The molecule has 0 aliphatic heterocycles. The van der Waals surface area contributed by atoms with Crippen LogP contribution in [0.2, 0.25) is 0 Å². The molecule has 0 aromatic rings. The number of hydrogen-bond acceptors (Lipinski definition) is 2. The Morgan fingerprint density at radius 1 is 1.03 bits per heavy atom. The molecule has 0 aromatic heterocycles. The lowest BCUT2D eigenvalue weighted by atomic mass is 9.46. The Labute approximate surface area is 192 Å². The SMILES string of the molecule is CO/N=C1\CCC2(C)C3=C(CCC2C1(C)C)C1CCC(CCCC=C(C)C)C1(C)CC3. The summed E-state index contributed by atoms with van der Waals surface area (Å²) in [5.41, 5.74) is 7.64. The third kappa shape index (κ3) is 3.74. The Kier molecular flexibility index (Phi) is 6.25. The molecule has 2 heteroatoms. The molecule has 0 saturated heterocycles. The van der Waals surface area contributed by atoms with Crippen molar-refractivity contribution in [3.63, 3.8) is 0 Å². The van der Waals surface area contributed by atoms with Crippen LogP contribution in [-0.2, 0) is 4.84 Å². The van der Waals surface area contributed by atoms with Crippen LogP contribution in [0.5, 0.6) is 0 Å². The molecule has 5 unspecified atom stereocenters. The molecule has 0 radical (unpaired) electrons. The molecule has 0 aromatic carbocycles. The van der Waals surface area contributed by atoms with Gasteiger partial charge in [0.15, 0.2) is 0 Å². The number of nitrogens with zero attached hydrogens (tertiary/aromatic N) is 1. The Morgan fingerprint density at radius 3 is 2.52 bits per heavy atom. The van der Waals surface area contributed by atoms with Crippen LogP contribution < -0.4 is 0 Å². The van der Waals surface area contributed by atoms with Gasteiger partial charge in [-0.1, -0.05) is 55.6 Å². The molecule has 174 valence electrons. The Bertz CT molecular complexity index is 783. The van der Waals surface area contributed by atoms with Crippen LogP contribution >= 0.6 is 0 Å². The lowest BCUT2D eigenvalue weighted by Gasteiger charge is -2.58. The largest absolute Gasteiger partial charge is 0.399 e. The summed E-state index contributed by atoms with van der Waals surface area (Å²) in [5, 5.41) is 4.48. The number of oxime groups is 1. The van der Waals surface area contributed by atoms with E-state index in [0.29, 0.717) is 16.7 Å². The lowest BCUT2D eigenvalue weighted by Crippen LogP contribution is -2.52. The van der Waals surface area contributed by atoms with Crippen molar-refractivity contribution in [3.05, 3.63) is 22.8 Å². The summed E-state index contributed by atoms with van der Waals surface area (Å²) < 4.78 is 0. The lowest BCUT2D eigenvalue weighted by molar-refractivity contribution is 0.0508. The Balaban J connectivity index is 1.57. The third-order valence-corrected chi connectivity index (χ3v) is 10.4. The van der Waals surface area contributed by atoms with Gasteiger partial charge in [-0.15, -0.1) is 0 Å². The van der Waals surface area contributed by atoms with E-state index in [0.717, 1.165) is 18.3 Å². The predicted octanol–water partition coefficient (Wildman–Crippen LogP) is 8.48. The minimum Gasteiger partial charge on any atom is -0.399 e. The van der Waals surface area contributed by atoms with Crippen molar-refractivity contribution in [1.82, 2.24) is 0 Å². The fraction of sp³-hybridized carbons (Fsp3) is 0.828. The number of rotatable bonds is 5. The quantitative estimate of drug-likeness (QED) is 0.246. The fourth-order valence-corrected chi connectivity index (χ4v) is 8.72. The highest BCUT2D eigenvalue weighted by atomic mass is 16.6. The summed E-state index contributed by atoms with van der Waals surface area (Å²) in [6, 6.07) is 0. The summed E-state index contributed by atoms with van der Waals surface area (Å²) in [6.07, 6.45) is 17.2. The number of unbranched alkanes of at least 4 members (excludes halogenated alkanes) is 1. The van der Waals surface area contributed by atoms with Crippen LogP contribution in [0.3, 0.4) is 0 Å². The van der Waals surface area contributed by atoms with Gasteiger partial charge in [-0.3, -0.25) is 0 Å². The first kappa shape index (κ1) is 23.1. The highest BCUT2D eigenvalue weighted by Crippen LogP contribution is 2.67. The molecule has 31 heavy (non-hydrogen) atoms. The van der Waals surface area contributed by atoms with Crippen LogP contribution in [0.15, 0.2) is 28.0 Å². The van der Waals surface area contributed by atoms with Crippen molar-refractivity contribution in [2.45, 2.75) is 112 Å². The van der Waals surface area contributed by atoms with Gasteiger partial charge in [-0.2, -0.15) is 0 Å². The maximum absolute atomic E-state index is 5.24. The minimum absolute atomic E-state index is 0.144. The number of fused-ring (bicyclic) bond motifs is 4. The Hall–Kier alpha value is -1.05. The summed E-state index contributed by atoms with van der Waals surface area (Å²) >= 11 is 0. The normalized spacial score (nSPS) is 40.2. The average Bonchev–Trinajstić information content (AvgIpc) is 3.04. The van der Waals surface area contributed by atoms with Crippen molar-refractivity contribution < 1.29 is 4.84 Å². The first-order valence-electron chi connectivity index (χ1n) is 13.1. The minimum atomic E-state index is 0.144. The van der Waals surface area contributed by atoms with E-state index in [9.17, 15) is 0 Å². The van der Waals surface area contributed by atoms with Gasteiger partial charge >= 0.3 is 0 Å². The van der Waals surface area contributed by atoms with Gasteiger partial charge in [0.1, 0.15) is 7.11 Å². The number of hydrogen-bond donors (Lipinski definition) is 0. The second-order valence-corrected chi connectivity index (χ2v) is 12.5. The van der Waals surface area contributed by atoms with Crippen LogP contribution in [0.4, 0.5) is 0 Å². The zero-order valence-electron chi connectivity index (χ0n) is 21.4. The van der Waals surface area contributed by atoms with Crippen LogP contribution in [0.1, 0.15) is 112 Å². The molecule has 0 heterocycles. The van der Waals surface area contributed by atoms with Crippen molar-refractivity contribution in [3.8, 4) is 0 Å². The van der Waals surface area contributed by atoms with E-state index >= 15 is 0 Å². The molecule has 2 saturated carbocycles. The van der Waals surface area contributed by atoms with Gasteiger partial charge in [0.2, 0.25) is 0 Å². The molecule has 5 atom stereocenters. The maximum atomic E-state index is 5.24. The molecule has 4 aliphatic carbocycles. The molecule has 0 amide bonds. The fourth-order valence-electron chi connectivity index (χ4n) is 8.72. The van der Waals surface area contributed by atoms with E-state index in [1.165, 1.54) is 75.5 Å². The van der Waals surface area contributed by atoms with Gasteiger partial charge in [-0.25, -0.2) is 0 Å². The molecule has 0 bridgehead atoms. The van der Waals surface area contributed by atoms with Crippen molar-refractivity contribution in [2.75, 3.05) is 7.11 Å².